The predicted octanol–water partition coefficient (Wildman–Crippen LogP) is 2.18. The number of hydrogen-bond donors (Lipinski definition) is 3. The maximum absolute atomic E-state index is 12.9. The number of carboxylic acid groups (broad SMARTS) is 2. The minimum atomic E-state index is -1.82. The molecule has 0 unspecified atom stereocenters. The molecule has 0 atom stereocenters. The van der Waals surface area contributed by atoms with Gasteiger partial charge in [0.25, 0.3) is 0 Å². The fourth-order valence-electron chi connectivity index (χ4n) is 1.63. The highest BCUT2D eigenvalue weighted by molar-refractivity contribution is 6.27. The number of nitrogens with one attached hydrogen (secondary N) is 1. The van der Waals surface area contributed by atoms with Gasteiger partial charge in [-0.15, -0.1) is 0 Å². The van der Waals surface area contributed by atoms with E-state index in [-0.39, 0.29) is 11.6 Å². The molecule has 25 heavy (non-hydrogen) atoms. The van der Waals surface area contributed by atoms with Crippen LogP contribution in [0.1, 0.15) is 26.2 Å². The summed E-state index contributed by atoms with van der Waals surface area (Å²) in [6.45, 7) is 3.72. The van der Waals surface area contributed by atoms with E-state index in [1.54, 1.807) is 0 Å². The first-order valence-corrected chi connectivity index (χ1v) is 7.57. The van der Waals surface area contributed by atoms with Gasteiger partial charge in [0.15, 0.2) is 11.6 Å². The van der Waals surface area contributed by atoms with Crippen molar-refractivity contribution in [2.75, 3.05) is 25.5 Å². The van der Waals surface area contributed by atoms with Crippen molar-refractivity contribution in [3.63, 3.8) is 0 Å². The van der Waals surface area contributed by atoms with Crippen LogP contribution < -0.4 is 5.32 Å². The van der Waals surface area contributed by atoms with Gasteiger partial charge in [-0.25, -0.2) is 18.4 Å². The summed E-state index contributed by atoms with van der Waals surface area (Å²) in [5, 5.41) is 17.3. The Kier molecular flexibility index (Phi) is 10.7. The van der Waals surface area contributed by atoms with Crippen LogP contribution in [0.15, 0.2) is 18.2 Å². The van der Waals surface area contributed by atoms with Gasteiger partial charge < -0.3 is 20.4 Å². The number of halogens is 2. The van der Waals surface area contributed by atoms with E-state index in [2.05, 4.69) is 17.1 Å². The van der Waals surface area contributed by atoms with Gasteiger partial charge in [0.05, 0.1) is 0 Å². The molecule has 0 aliphatic carbocycles. The molecule has 1 amide bonds. The Morgan fingerprint density at radius 2 is 1.68 bits per heavy atom. The van der Waals surface area contributed by atoms with Crippen molar-refractivity contribution >= 4 is 23.5 Å². The van der Waals surface area contributed by atoms with Crippen molar-refractivity contribution in [1.82, 2.24) is 4.90 Å². The molecule has 3 N–H and O–H groups in total. The second kappa shape index (κ2) is 11.9. The lowest BCUT2D eigenvalue weighted by molar-refractivity contribution is -0.159. The van der Waals surface area contributed by atoms with Crippen LogP contribution in [0, 0.1) is 11.6 Å². The van der Waals surface area contributed by atoms with Crippen LogP contribution in [0.3, 0.4) is 0 Å². The monoisotopic (exact) mass is 360 g/mol. The molecule has 1 aromatic carbocycles. The molecule has 0 heterocycles. The zero-order valence-electron chi connectivity index (χ0n) is 14.1. The number of benzene rings is 1. The third kappa shape index (κ3) is 10.8. The van der Waals surface area contributed by atoms with Gasteiger partial charge in [-0.05, 0) is 32.1 Å². The number of amides is 1. The van der Waals surface area contributed by atoms with Crippen molar-refractivity contribution in [3.05, 3.63) is 29.8 Å². The first kappa shape index (κ1) is 22.4. The fourth-order valence-corrected chi connectivity index (χ4v) is 1.63. The standard InChI is InChI=1S/C14H20F2N2O.C2H2O4/c1-3-4-8-18(2)9-7-14(19)17-11-5-6-12(15)13(16)10-11;3-1(4)2(5)6/h5-6,10H,3-4,7-9H2,1-2H3,(H,17,19);(H,3,4)(H,5,6). The summed E-state index contributed by atoms with van der Waals surface area (Å²) < 4.78 is 25.7. The highest BCUT2D eigenvalue weighted by Gasteiger charge is 2.07. The van der Waals surface area contributed by atoms with Gasteiger partial charge in [-0.1, -0.05) is 13.3 Å². The van der Waals surface area contributed by atoms with Crippen molar-refractivity contribution in [1.29, 1.82) is 0 Å². The number of carbonyl (C=O) groups is 3. The quantitative estimate of drug-likeness (QED) is 0.644. The molecule has 0 saturated heterocycles. The maximum atomic E-state index is 12.9. The first-order chi connectivity index (χ1) is 11.7. The van der Waals surface area contributed by atoms with E-state index in [1.807, 2.05) is 7.05 Å². The SMILES string of the molecule is CCCCN(C)CCC(=O)Nc1ccc(F)c(F)c1.O=C(O)C(=O)O. The van der Waals surface area contributed by atoms with Crippen molar-refractivity contribution in [2.24, 2.45) is 0 Å². The second-order valence-electron chi connectivity index (χ2n) is 5.19. The minimum absolute atomic E-state index is 0.200. The van der Waals surface area contributed by atoms with Gasteiger partial charge in [0, 0.05) is 24.7 Å². The lowest BCUT2D eigenvalue weighted by Crippen LogP contribution is -2.25. The van der Waals surface area contributed by atoms with Crippen LogP contribution in [0.2, 0.25) is 0 Å². The van der Waals surface area contributed by atoms with E-state index in [1.165, 1.54) is 6.07 Å². The number of nitrogens with zero attached hydrogens (tertiary/aromatic N) is 1. The van der Waals surface area contributed by atoms with Crippen LogP contribution in [0.4, 0.5) is 14.5 Å². The number of hydrogen-bond acceptors (Lipinski definition) is 4. The zero-order valence-corrected chi connectivity index (χ0v) is 14.1. The number of carboxylic acids is 2. The number of unbranched alkanes of at least 4 members (excludes halogenated alkanes) is 1. The molecule has 0 saturated carbocycles. The molecule has 0 aliphatic heterocycles. The summed E-state index contributed by atoms with van der Waals surface area (Å²) in [6.07, 6.45) is 2.55. The molecule has 0 fully saturated rings. The molecule has 1 aromatic rings. The molecule has 0 radical (unpaired) electrons. The highest BCUT2D eigenvalue weighted by atomic mass is 19.2. The normalized spacial score (nSPS) is 9.96. The van der Waals surface area contributed by atoms with Gasteiger partial charge in [-0.2, -0.15) is 0 Å². The molecular formula is C16H22F2N2O5. The predicted molar refractivity (Wildman–Crippen MR) is 87.3 cm³/mol. The highest BCUT2D eigenvalue weighted by Crippen LogP contribution is 2.13. The molecule has 7 nitrogen and oxygen atoms in total. The summed E-state index contributed by atoms with van der Waals surface area (Å²) in [7, 11) is 1.96. The molecule has 9 heteroatoms. The Morgan fingerprint density at radius 3 is 2.16 bits per heavy atom. The third-order valence-electron chi connectivity index (χ3n) is 3.00. The molecule has 0 bridgehead atoms. The van der Waals surface area contributed by atoms with Gasteiger partial charge in [-0.3, -0.25) is 4.79 Å². The number of rotatable bonds is 7. The molecule has 140 valence electrons. The lowest BCUT2D eigenvalue weighted by atomic mass is 10.2. The lowest BCUT2D eigenvalue weighted by Gasteiger charge is -2.15. The average Bonchev–Trinajstić information content (AvgIpc) is 2.55. The van der Waals surface area contributed by atoms with E-state index in [4.69, 9.17) is 19.8 Å². The Hall–Kier alpha value is -2.55. The minimum Gasteiger partial charge on any atom is -0.473 e. The van der Waals surface area contributed by atoms with Crippen molar-refractivity contribution in [2.45, 2.75) is 26.2 Å². The van der Waals surface area contributed by atoms with E-state index < -0.39 is 23.6 Å². The second-order valence-corrected chi connectivity index (χ2v) is 5.19. The van der Waals surface area contributed by atoms with Crippen LogP contribution in [0.25, 0.3) is 0 Å². The topological polar surface area (TPSA) is 107 Å². The van der Waals surface area contributed by atoms with Crippen LogP contribution in [-0.4, -0.2) is 53.1 Å². The Labute approximate surface area is 144 Å². The Bertz CT molecular complexity index is 584. The van der Waals surface area contributed by atoms with E-state index in [0.717, 1.165) is 31.5 Å². The van der Waals surface area contributed by atoms with Gasteiger partial charge in [0.2, 0.25) is 5.91 Å². The smallest absolute Gasteiger partial charge is 0.414 e. The Morgan fingerprint density at radius 1 is 1.08 bits per heavy atom. The molecule has 0 aliphatic rings. The van der Waals surface area contributed by atoms with E-state index in [0.29, 0.717) is 13.0 Å². The molecule has 0 aromatic heterocycles. The average molecular weight is 360 g/mol. The van der Waals surface area contributed by atoms with Gasteiger partial charge >= 0.3 is 11.9 Å². The number of aliphatic carboxylic acids is 2. The molecule has 1 rings (SSSR count). The van der Waals surface area contributed by atoms with Crippen LogP contribution in [0.5, 0.6) is 0 Å². The summed E-state index contributed by atoms with van der Waals surface area (Å²) in [5.41, 5.74) is 0.278. The van der Waals surface area contributed by atoms with E-state index >= 15 is 0 Å². The summed E-state index contributed by atoms with van der Waals surface area (Å²) in [4.78, 5) is 31.9. The summed E-state index contributed by atoms with van der Waals surface area (Å²) >= 11 is 0. The van der Waals surface area contributed by atoms with Crippen LogP contribution in [-0.2, 0) is 14.4 Å². The van der Waals surface area contributed by atoms with Crippen LogP contribution >= 0.6 is 0 Å². The first-order valence-electron chi connectivity index (χ1n) is 7.57. The summed E-state index contributed by atoms with van der Waals surface area (Å²) in [6, 6.07) is 3.32. The number of anilines is 1. The van der Waals surface area contributed by atoms with E-state index in [9.17, 15) is 13.6 Å². The van der Waals surface area contributed by atoms with Crippen molar-refractivity contribution in [3.8, 4) is 0 Å². The fraction of sp³-hybridized carbons (Fsp3) is 0.438. The zero-order chi connectivity index (χ0) is 19.4. The number of carbonyl (C=O) groups excluding carboxylic acids is 1. The molecular weight excluding hydrogens is 338 g/mol. The van der Waals surface area contributed by atoms with Crippen molar-refractivity contribution < 1.29 is 33.4 Å². The molecule has 0 spiro atoms. The van der Waals surface area contributed by atoms with Gasteiger partial charge in [0.1, 0.15) is 0 Å². The Balaban J connectivity index is 0.000000823. The maximum Gasteiger partial charge on any atom is 0.414 e. The largest absolute Gasteiger partial charge is 0.473 e. The summed E-state index contributed by atoms with van der Waals surface area (Å²) in [5.74, 6) is -5.73. The third-order valence-corrected chi connectivity index (χ3v) is 3.00.